The Kier molecular flexibility index (Phi) is 10.4. The molecule has 7 nitrogen and oxygen atoms in total. The van der Waals surface area contributed by atoms with Gasteiger partial charge in [0.2, 0.25) is 0 Å². The number of aliphatic hydroxyl groups is 1. The number of hydrogen-bond acceptors (Lipinski definition) is 7. The molecule has 1 rings (SSSR count). The monoisotopic (exact) mass is 500 g/mol. The Bertz CT molecular complexity index is 800. The summed E-state index contributed by atoms with van der Waals surface area (Å²) in [5.41, 5.74) is -5.21. The summed E-state index contributed by atoms with van der Waals surface area (Å²) < 4.78 is 74.6. The van der Waals surface area contributed by atoms with Crippen LogP contribution in [0.2, 0.25) is 0 Å². The molecule has 0 saturated carbocycles. The molecule has 0 aliphatic carbocycles. The van der Waals surface area contributed by atoms with E-state index in [-0.39, 0.29) is 31.0 Å². The maximum Gasteiger partial charge on any atom is 0.534 e. The Morgan fingerprint density at radius 3 is 2.42 bits per heavy atom. The number of halogens is 3. The molecular weight excluding hydrogens is 465 g/mol. The zero-order chi connectivity index (χ0) is 25.6. The summed E-state index contributed by atoms with van der Waals surface area (Å²) in [6.07, 6.45) is 1.47. The lowest BCUT2D eigenvalue weighted by atomic mass is 9.96. The van der Waals surface area contributed by atoms with Crippen molar-refractivity contribution in [3.8, 4) is 0 Å². The van der Waals surface area contributed by atoms with Crippen molar-refractivity contribution >= 4 is 16.1 Å². The molecule has 0 aromatic heterocycles. The van der Waals surface area contributed by atoms with E-state index in [0.717, 1.165) is 5.57 Å². The summed E-state index contributed by atoms with van der Waals surface area (Å²) in [5, 5.41) is 10.2. The van der Waals surface area contributed by atoms with E-state index in [1.54, 1.807) is 20.8 Å². The lowest BCUT2D eigenvalue weighted by molar-refractivity contribution is -0.153. The second-order valence-electron chi connectivity index (χ2n) is 9.45. The van der Waals surface area contributed by atoms with Gasteiger partial charge in [0.1, 0.15) is 5.76 Å². The van der Waals surface area contributed by atoms with Crippen LogP contribution in [-0.4, -0.2) is 49.9 Å². The van der Waals surface area contributed by atoms with E-state index in [0.29, 0.717) is 32.3 Å². The van der Waals surface area contributed by atoms with Crippen molar-refractivity contribution in [3.63, 3.8) is 0 Å². The van der Waals surface area contributed by atoms with Gasteiger partial charge in [-0.2, -0.15) is 21.6 Å². The predicted octanol–water partition coefficient (Wildman–Crippen LogP) is 4.62. The number of alkyl halides is 3. The second kappa shape index (κ2) is 11.7. The van der Waals surface area contributed by atoms with Crippen molar-refractivity contribution in [1.29, 1.82) is 0 Å². The average Bonchev–Trinajstić information content (AvgIpc) is 3.00. The van der Waals surface area contributed by atoms with Gasteiger partial charge < -0.3 is 18.8 Å². The van der Waals surface area contributed by atoms with Crippen molar-refractivity contribution in [3.05, 3.63) is 24.5 Å². The van der Waals surface area contributed by atoms with E-state index in [1.807, 2.05) is 0 Å². The smallest absolute Gasteiger partial charge is 0.465 e. The number of hydrogen-bond donors (Lipinski definition) is 1. The van der Waals surface area contributed by atoms with Crippen LogP contribution >= 0.6 is 0 Å². The third kappa shape index (κ3) is 9.66. The summed E-state index contributed by atoms with van der Waals surface area (Å²) in [4.78, 5) is 11.8. The summed E-state index contributed by atoms with van der Waals surface area (Å²) in [6.45, 7) is 14.3. The van der Waals surface area contributed by atoms with Crippen LogP contribution in [0.25, 0.3) is 0 Å². The predicted molar refractivity (Wildman–Crippen MR) is 116 cm³/mol. The zero-order valence-corrected chi connectivity index (χ0v) is 20.4. The van der Waals surface area contributed by atoms with Crippen LogP contribution in [-0.2, 0) is 28.6 Å². The molecule has 33 heavy (non-hydrogen) atoms. The molecule has 0 aromatic rings. The summed E-state index contributed by atoms with van der Waals surface area (Å²) in [7, 11) is -5.78. The first-order valence-electron chi connectivity index (χ1n) is 10.8. The number of ether oxygens (including phenoxy) is 2. The highest BCUT2D eigenvalue weighted by molar-refractivity contribution is 7.87. The Morgan fingerprint density at radius 2 is 1.88 bits per heavy atom. The zero-order valence-electron chi connectivity index (χ0n) is 19.6. The number of carbonyl (C=O) groups excluding carboxylic acids is 1. The van der Waals surface area contributed by atoms with Crippen LogP contribution in [0.3, 0.4) is 0 Å². The average molecular weight is 501 g/mol. The van der Waals surface area contributed by atoms with Crippen molar-refractivity contribution in [2.45, 2.75) is 90.0 Å². The molecule has 1 aliphatic heterocycles. The maximum atomic E-state index is 12.4. The van der Waals surface area contributed by atoms with Crippen LogP contribution < -0.4 is 0 Å². The standard InChI is InChI=1S/C22H35F3O7S/c1-14(16(3)32-33(28,29)22(23,24)25)12-17(26)9-10-19-15(2)13-18(31-19)8-7-11-30-20(27)21(4,5)6/h14,17-19,26H,2-3,7-13H2,1,4-6H3/t14-,17?,18?,19+/m1/s1. The summed E-state index contributed by atoms with van der Waals surface area (Å²) in [6, 6.07) is 0. The molecular formula is C22H35F3O7S. The first-order chi connectivity index (χ1) is 14.9. The van der Waals surface area contributed by atoms with E-state index in [9.17, 15) is 31.5 Å². The molecule has 1 N–H and O–H groups in total. The van der Waals surface area contributed by atoms with Gasteiger partial charge >= 0.3 is 21.6 Å². The molecule has 192 valence electrons. The van der Waals surface area contributed by atoms with Crippen LogP contribution in [0.1, 0.15) is 66.2 Å². The fraction of sp³-hybridized carbons (Fsp3) is 0.773. The molecule has 0 radical (unpaired) electrons. The van der Waals surface area contributed by atoms with Gasteiger partial charge in [-0.05, 0) is 64.9 Å². The molecule has 2 unspecified atom stereocenters. The Morgan fingerprint density at radius 1 is 1.27 bits per heavy atom. The molecule has 1 aliphatic rings. The Hall–Kier alpha value is -1.59. The summed E-state index contributed by atoms with van der Waals surface area (Å²) in [5.74, 6) is -1.65. The van der Waals surface area contributed by atoms with Gasteiger partial charge in [0.15, 0.2) is 0 Å². The lowest BCUT2D eigenvalue weighted by Crippen LogP contribution is -2.27. The highest BCUT2D eigenvalue weighted by Crippen LogP contribution is 2.32. The van der Waals surface area contributed by atoms with E-state index in [2.05, 4.69) is 17.3 Å². The number of aliphatic hydroxyl groups excluding tert-OH is 1. The SMILES string of the molecule is C=C(OS(=O)(=O)C(F)(F)F)[C@H](C)CC(O)CC[C@@H]1OC(CCCOC(=O)C(C)(C)C)CC1=C. The highest BCUT2D eigenvalue weighted by Gasteiger charge is 2.49. The Balaban J connectivity index is 2.37. The molecule has 4 atom stereocenters. The topological polar surface area (TPSA) is 99.1 Å². The van der Waals surface area contributed by atoms with Gasteiger partial charge in [0, 0.05) is 5.92 Å². The van der Waals surface area contributed by atoms with E-state index in [1.165, 1.54) is 6.92 Å². The van der Waals surface area contributed by atoms with Crippen molar-refractivity contribution in [2.75, 3.05) is 6.61 Å². The van der Waals surface area contributed by atoms with Crippen LogP contribution in [0.4, 0.5) is 13.2 Å². The van der Waals surface area contributed by atoms with Crippen LogP contribution in [0.5, 0.6) is 0 Å². The number of carbonyl (C=O) groups is 1. The summed E-state index contributed by atoms with van der Waals surface area (Å²) >= 11 is 0. The molecule has 0 aromatic carbocycles. The first kappa shape index (κ1) is 29.4. The number of allylic oxidation sites excluding steroid dienone is 1. The van der Waals surface area contributed by atoms with Gasteiger partial charge in [-0.3, -0.25) is 4.79 Å². The quantitative estimate of drug-likeness (QED) is 0.104. The van der Waals surface area contributed by atoms with Gasteiger partial charge in [-0.25, -0.2) is 0 Å². The number of esters is 1. The van der Waals surface area contributed by atoms with Gasteiger partial charge in [-0.15, -0.1) is 0 Å². The van der Waals surface area contributed by atoms with Gasteiger partial charge in [-0.1, -0.05) is 20.1 Å². The van der Waals surface area contributed by atoms with Crippen LogP contribution in [0, 0.1) is 11.3 Å². The largest absolute Gasteiger partial charge is 0.534 e. The molecule has 0 amide bonds. The molecule has 1 saturated heterocycles. The Labute approximate surface area is 194 Å². The van der Waals surface area contributed by atoms with Gasteiger partial charge in [0.25, 0.3) is 0 Å². The van der Waals surface area contributed by atoms with E-state index < -0.39 is 38.8 Å². The lowest BCUT2D eigenvalue weighted by Gasteiger charge is -2.21. The normalized spacial score (nSPS) is 21.5. The van der Waals surface area contributed by atoms with Crippen molar-refractivity contribution < 1.29 is 45.1 Å². The first-order valence-corrected chi connectivity index (χ1v) is 12.2. The van der Waals surface area contributed by atoms with E-state index >= 15 is 0 Å². The molecule has 11 heteroatoms. The van der Waals surface area contributed by atoms with Crippen molar-refractivity contribution in [2.24, 2.45) is 11.3 Å². The van der Waals surface area contributed by atoms with Gasteiger partial charge in [0.05, 0.1) is 30.3 Å². The minimum Gasteiger partial charge on any atom is -0.465 e. The van der Waals surface area contributed by atoms with E-state index in [4.69, 9.17) is 9.47 Å². The van der Waals surface area contributed by atoms with Crippen molar-refractivity contribution in [1.82, 2.24) is 0 Å². The maximum absolute atomic E-state index is 12.4. The third-order valence-electron chi connectivity index (χ3n) is 5.26. The molecule has 1 fully saturated rings. The second-order valence-corrected chi connectivity index (χ2v) is 11.0. The molecule has 1 heterocycles. The number of rotatable bonds is 12. The minimum atomic E-state index is -5.78. The molecule has 0 spiro atoms. The minimum absolute atomic E-state index is 0.0199. The fourth-order valence-electron chi connectivity index (χ4n) is 3.21. The third-order valence-corrected chi connectivity index (χ3v) is 6.26. The fourth-order valence-corrected chi connectivity index (χ4v) is 3.75. The molecule has 0 bridgehead atoms. The van der Waals surface area contributed by atoms with Crippen LogP contribution in [0.15, 0.2) is 24.5 Å². The highest BCUT2D eigenvalue weighted by atomic mass is 32.2.